The van der Waals surface area contributed by atoms with Crippen LogP contribution in [0.25, 0.3) is 0 Å². The maximum atomic E-state index is 10.5. The number of carboxylic acids is 1. The molecule has 1 aliphatic rings. The van der Waals surface area contributed by atoms with Crippen LogP contribution in [0.15, 0.2) is 10.6 Å². The Morgan fingerprint density at radius 1 is 1.71 bits per heavy atom. The Balaban J connectivity index is 2.11. The summed E-state index contributed by atoms with van der Waals surface area (Å²) in [6.45, 7) is 1.97. The molecule has 1 saturated heterocycles. The molecular weight excluding hydrogens is 188 g/mol. The van der Waals surface area contributed by atoms with Gasteiger partial charge in [0.15, 0.2) is 0 Å². The number of aromatic carboxylic acids is 1. The minimum Gasteiger partial charge on any atom is -0.475 e. The van der Waals surface area contributed by atoms with Crippen LogP contribution in [0.4, 0.5) is 0 Å². The zero-order valence-electron chi connectivity index (χ0n) is 7.40. The summed E-state index contributed by atoms with van der Waals surface area (Å²) in [6, 6.07) is 0. The third-order valence-electron chi connectivity index (χ3n) is 1.94. The number of ether oxygens (including phenoxy) is 1. The van der Waals surface area contributed by atoms with Crippen LogP contribution in [0.2, 0.25) is 0 Å². The molecule has 0 bridgehead atoms. The minimum atomic E-state index is -1.12. The summed E-state index contributed by atoms with van der Waals surface area (Å²) in [7, 11) is 0. The average molecular weight is 198 g/mol. The van der Waals surface area contributed by atoms with Crippen LogP contribution in [0, 0.1) is 0 Å². The number of carbonyl (C=O) groups is 1. The number of carboxylic acid groups (broad SMARTS) is 1. The molecule has 14 heavy (non-hydrogen) atoms. The van der Waals surface area contributed by atoms with Crippen LogP contribution in [0.5, 0.6) is 0 Å². The molecule has 0 amide bonds. The number of nitrogens with zero attached hydrogens (tertiary/aromatic N) is 1. The standard InChI is InChI=1S/C8H10N2O4/c11-8(12)6-4-10-7(14-6)5-3-9-1-2-13-5/h4-5,9H,1-3H2,(H,11,12). The fourth-order valence-corrected chi connectivity index (χ4v) is 1.26. The Morgan fingerprint density at radius 2 is 2.57 bits per heavy atom. The van der Waals surface area contributed by atoms with Crippen molar-refractivity contribution < 1.29 is 19.1 Å². The number of hydrogen-bond acceptors (Lipinski definition) is 5. The predicted octanol–water partition coefficient (Wildman–Crippen LogP) is 0.0337. The van der Waals surface area contributed by atoms with Crippen LogP contribution in [-0.2, 0) is 4.74 Å². The lowest BCUT2D eigenvalue weighted by Gasteiger charge is -2.20. The molecule has 0 radical (unpaired) electrons. The van der Waals surface area contributed by atoms with Gasteiger partial charge in [-0.15, -0.1) is 0 Å². The van der Waals surface area contributed by atoms with Gasteiger partial charge < -0.3 is 19.6 Å². The largest absolute Gasteiger partial charge is 0.475 e. The molecule has 2 N–H and O–H groups in total. The smallest absolute Gasteiger partial charge is 0.373 e. The highest BCUT2D eigenvalue weighted by Gasteiger charge is 2.22. The van der Waals surface area contributed by atoms with E-state index in [1.165, 1.54) is 6.20 Å². The van der Waals surface area contributed by atoms with Crippen molar-refractivity contribution in [3.8, 4) is 0 Å². The molecule has 76 valence electrons. The van der Waals surface area contributed by atoms with Crippen molar-refractivity contribution >= 4 is 5.97 Å². The highest BCUT2D eigenvalue weighted by Crippen LogP contribution is 2.18. The van der Waals surface area contributed by atoms with Crippen LogP contribution in [-0.4, -0.2) is 35.8 Å². The van der Waals surface area contributed by atoms with Gasteiger partial charge in [0.1, 0.15) is 6.10 Å². The Kier molecular flexibility index (Phi) is 2.47. The molecule has 1 fully saturated rings. The van der Waals surface area contributed by atoms with Gasteiger partial charge in [-0.3, -0.25) is 0 Å². The molecule has 0 aromatic carbocycles. The van der Waals surface area contributed by atoms with E-state index in [9.17, 15) is 4.79 Å². The predicted molar refractivity (Wildman–Crippen MR) is 45.0 cm³/mol. The zero-order chi connectivity index (χ0) is 9.97. The molecule has 6 heteroatoms. The molecular formula is C8H10N2O4. The van der Waals surface area contributed by atoms with E-state index in [1.807, 2.05) is 0 Å². The van der Waals surface area contributed by atoms with E-state index in [0.717, 1.165) is 6.54 Å². The van der Waals surface area contributed by atoms with E-state index in [-0.39, 0.29) is 11.9 Å². The van der Waals surface area contributed by atoms with Gasteiger partial charge in [0.05, 0.1) is 12.8 Å². The van der Waals surface area contributed by atoms with Crippen molar-refractivity contribution in [2.24, 2.45) is 0 Å². The second-order valence-corrected chi connectivity index (χ2v) is 2.93. The molecule has 1 aliphatic heterocycles. The summed E-state index contributed by atoms with van der Waals surface area (Å²) in [5, 5.41) is 11.7. The number of nitrogens with one attached hydrogen (secondary N) is 1. The number of rotatable bonds is 2. The van der Waals surface area contributed by atoms with Crippen molar-refractivity contribution in [3.63, 3.8) is 0 Å². The molecule has 1 atom stereocenters. The summed E-state index contributed by atoms with van der Waals surface area (Å²) in [4.78, 5) is 14.4. The second-order valence-electron chi connectivity index (χ2n) is 2.93. The molecule has 2 heterocycles. The van der Waals surface area contributed by atoms with Crippen molar-refractivity contribution in [1.29, 1.82) is 0 Å². The highest BCUT2D eigenvalue weighted by atomic mass is 16.5. The Labute approximate surface area is 79.9 Å². The van der Waals surface area contributed by atoms with Crippen molar-refractivity contribution in [2.75, 3.05) is 19.7 Å². The molecule has 0 saturated carbocycles. The first-order valence-electron chi connectivity index (χ1n) is 4.28. The Morgan fingerprint density at radius 3 is 3.14 bits per heavy atom. The van der Waals surface area contributed by atoms with Crippen LogP contribution in [0.3, 0.4) is 0 Å². The summed E-state index contributed by atoms with van der Waals surface area (Å²) < 4.78 is 10.4. The molecule has 1 unspecified atom stereocenters. The third kappa shape index (κ3) is 1.75. The first kappa shape index (κ1) is 9.17. The summed E-state index contributed by atoms with van der Waals surface area (Å²) >= 11 is 0. The zero-order valence-corrected chi connectivity index (χ0v) is 7.40. The summed E-state index contributed by atoms with van der Waals surface area (Å²) in [5.41, 5.74) is 0. The molecule has 0 spiro atoms. The van der Waals surface area contributed by atoms with E-state index in [0.29, 0.717) is 19.0 Å². The van der Waals surface area contributed by atoms with Gasteiger partial charge in [-0.05, 0) is 0 Å². The maximum Gasteiger partial charge on any atom is 0.373 e. The van der Waals surface area contributed by atoms with Gasteiger partial charge in [-0.2, -0.15) is 0 Å². The first-order valence-corrected chi connectivity index (χ1v) is 4.28. The van der Waals surface area contributed by atoms with Gasteiger partial charge >= 0.3 is 5.97 Å². The number of morpholine rings is 1. The van der Waals surface area contributed by atoms with Crippen LogP contribution >= 0.6 is 0 Å². The summed E-state index contributed by atoms with van der Waals surface area (Å²) in [6.07, 6.45) is 0.909. The van der Waals surface area contributed by atoms with Gasteiger partial charge in [0.2, 0.25) is 11.7 Å². The second kappa shape index (κ2) is 3.77. The normalized spacial score (nSPS) is 22.1. The molecule has 1 aromatic heterocycles. The third-order valence-corrected chi connectivity index (χ3v) is 1.94. The fraction of sp³-hybridized carbons (Fsp3) is 0.500. The average Bonchev–Trinajstić information content (AvgIpc) is 2.68. The molecule has 1 aromatic rings. The topological polar surface area (TPSA) is 84.6 Å². The van der Waals surface area contributed by atoms with Crippen molar-refractivity contribution in [2.45, 2.75) is 6.10 Å². The van der Waals surface area contributed by atoms with Gasteiger partial charge in [0.25, 0.3) is 0 Å². The van der Waals surface area contributed by atoms with E-state index in [1.54, 1.807) is 0 Å². The van der Waals surface area contributed by atoms with Gasteiger partial charge in [-0.1, -0.05) is 0 Å². The van der Waals surface area contributed by atoms with Crippen molar-refractivity contribution in [1.82, 2.24) is 10.3 Å². The SMILES string of the molecule is O=C(O)c1cnc(C2CNCCO2)o1. The lowest BCUT2D eigenvalue weighted by atomic mass is 10.3. The lowest BCUT2D eigenvalue weighted by Crippen LogP contribution is -2.33. The number of oxazole rings is 1. The van der Waals surface area contributed by atoms with Crippen molar-refractivity contribution in [3.05, 3.63) is 17.8 Å². The van der Waals surface area contributed by atoms with E-state index < -0.39 is 5.97 Å². The number of hydrogen-bond donors (Lipinski definition) is 2. The number of aromatic nitrogens is 1. The fourth-order valence-electron chi connectivity index (χ4n) is 1.26. The van der Waals surface area contributed by atoms with E-state index >= 15 is 0 Å². The quantitative estimate of drug-likeness (QED) is 0.697. The van der Waals surface area contributed by atoms with Crippen LogP contribution < -0.4 is 5.32 Å². The Hall–Kier alpha value is -1.40. The first-order chi connectivity index (χ1) is 6.77. The van der Waals surface area contributed by atoms with Gasteiger partial charge in [-0.25, -0.2) is 9.78 Å². The molecule has 0 aliphatic carbocycles. The molecule has 2 rings (SSSR count). The monoisotopic (exact) mass is 198 g/mol. The highest BCUT2D eigenvalue weighted by molar-refractivity contribution is 5.83. The lowest BCUT2D eigenvalue weighted by molar-refractivity contribution is 0.00984. The van der Waals surface area contributed by atoms with Crippen LogP contribution in [0.1, 0.15) is 22.5 Å². The Bertz CT molecular complexity index is 330. The van der Waals surface area contributed by atoms with E-state index in [4.69, 9.17) is 14.3 Å². The summed E-state index contributed by atoms with van der Waals surface area (Å²) in [5.74, 6) is -0.962. The molecule has 6 nitrogen and oxygen atoms in total. The maximum absolute atomic E-state index is 10.5. The minimum absolute atomic E-state index is 0.158. The van der Waals surface area contributed by atoms with Gasteiger partial charge in [0, 0.05) is 13.1 Å². The van der Waals surface area contributed by atoms with E-state index in [2.05, 4.69) is 10.3 Å².